The molecule has 3 N–H and O–H groups in total. The molecule has 1 aromatic heterocycles. The molecular weight excluding hydrogens is 390 g/mol. The number of carbonyl (C=O) groups is 1. The molecule has 0 spiro atoms. The largest absolute Gasteiger partial charge is 0.384 e. The van der Waals surface area contributed by atoms with Crippen molar-refractivity contribution < 1.29 is 4.79 Å². The van der Waals surface area contributed by atoms with Gasteiger partial charge in [0.2, 0.25) is 0 Å². The number of hydrogen-bond donors (Lipinski definition) is 2. The summed E-state index contributed by atoms with van der Waals surface area (Å²) >= 11 is 1.74. The van der Waals surface area contributed by atoms with E-state index in [0.29, 0.717) is 17.7 Å². The van der Waals surface area contributed by atoms with Crippen LogP contribution in [0.2, 0.25) is 0 Å². The summed E-state index contributed by atoms with van der Waals surface area (Å²) < 4.78 is 1.23. The maximum atomic E-state index is 13.1. The summed E-state index contributed by atoms with van der Waals surface area (Å²) in [6.07, 6.45) is 2.13. The fraction of sp³-hybridized carbons (Fsp3) is 0.0800. The molecule has 0 saturated heterocycles. The highest BCUT2D eigenvalue weighted by molar-refractivity contribution is 7.22. The zero-order chi connectivity index (χ0) is 20.7. The van der Waals surface area contributed by atoms with Crippen LogP contribution in [0.1, 0.15) is 32.6 Å². The third-order valence-corrected chi connectivity index (χ3v) is 6.53. The van der Waals surface area contributed by atoms with Crippen LogP contribution in [-0.4, -0.2) is 17.8 Å². The van der Waals surface area contributed by atoms with Crippen LogP contribution in [0.5, 0.6) is 0 Å². The number of nitrogens with two attached hydrogens (primary N) is 1. The molecule has 1 aliphatic rings. The average Bonchev–Trinajstić information content (AvgIpc) is 3.39. The van der Waals surface area contributed by atoms with E-state index in [0.717, 1.165) is 21.6 Å². The number of aliphatic imine (C=N–C) groups is 1. The van der Waals surface area contributed by atoms with Gasteiger partial charge in [0.1, 0.15) is 5.84 Å². The number of amidine groups is 1. The van der Waals surface area contributed by atoms with Gasteiger partial charge < -0.3 is 5.73 Å². The molecular formula is C25H19N3OS. The van der Waals surface area contributed by atoms with Gasteiger partial charge in [-0.05, 0) is 58.0 Å². The lowest BCUT2D eigenvalue weighted by Crippen LogP contribution is -2.12. The Morgan fingerprint density at radius 2 is 1.90 bits per heavy atom. The lowest BCUT2D eigenvalue weighted by Gasteiger charge is -2.10. The van der Waals surface area contributed by atoms with Gasteiger partial charge in [0.25, 0.3) is 0 Å². The van der Waals surface area contributed by atoms with Crippen LogP contribution in [0.15, 0.2) is 71.7 Å². The number of thiophene rings is 1. The van der Waals surface area contributed by atoms with Gasteiger partial charge in [-0.1, -0.05) is 36.4 Å². The van der Waals surface area contributed by atoms with Crippen molar-refractivity contribution in [1.82, 2.24) is 0 Å². The molecule has 5 rings (SSSR count). The van der Waals surface area contributed by atoms with Crippen LogP contribution >= 0.6 is 11.3 Å². The first kappa shape index (κ1) is 18.5. The standard InChI is InChI=1S/C25H19N3OS/c26-25(27)17-6-3-4-15(8-17)9-22(29)18-10-19-13-28-14-21(19)20(11-18)24-12-16-5-1-2-7-23(16)30-24/h1-8,10-13H,9,14H2,(H3,26,27). The highest BCUT2D eigenvalue weighted by atomic mass is 32.1. The fourth-order valence-corrected chi connectivity index (χ4v) is 4.96. The molecule has 0 atom stereocenters. The Morgan fingerprint density at radius 3 is 2.73 bits per heavy atom. The van der Waals surface area contributed by atoms with E-state index in [1.807, 2.05) is 48.7 Å². The Hall–Kier alpha value is -3.57. The van der Waals surface area contributed by atoms with Gasteiger partial charge in [0.05, 0.1) is 6.54 Å². The SMILES string of the molecule is N=C(N)c1cccc(CC(=O)c2cc3c(c(-c4cc5ccccc5s4)c2)CN=C3)c1. The van der Waals surface area contributed by atoms with Crippen molar-refractivity contribution in [3.8, 4) is 10.4 Å². The van der Waals surface area contributed by atoms with Crippen molar-refractivity contribution in [1.29, 1.82) is 5.41 Å². The molecule has 0 saturated carbocycles. The van der Waals surface area contributed by atoms with E-state index < -0.39 is 0 Å². The predicted molar refractivity (Wildman–Crippen MR) is 124 cm³/mol. The summed E-state index contributed by atoms with van der Waals surface area (Å²) in [4.78, 5) is 18.7. The molecule has 5 heteroatoms. The number of benzene rings is 3. The van der Waals surface area contributed by atoms with Crippen molar-refractivity contribution in [2.24, 2.45) is 10.7 Å². The van der Waals surface area contributed by atoms with E-state index in [2.05, 4.69) is 23.2 Å². The van der Waals surface area contributed by atoms with Gasteiger partial charge in [-0.25, -0.2) is 0 Å². The van der Waals surface area contributed by atoms with Gasteiger partial charge >= 0.3 is 0 Å². The fourth-order valence-electron chi connectivity index (χ4n) is 3.85. The monoisotopic (exact) mass is 409 g/mol. The second-order valence-electron chi connectivity index (χ2n) is 7.42. The van der Waals surface area contributed by atoms with Crippen LogP contribution in [0, 0.1) is 5.41 Å². The first-order chi connectivity index (χ1) is 14.6. The first-order valence-corrected chi connectivity index (χ1v) is 10.5. The zero-order valence-electron chi connectivity index (χ0n) is 16.2. The minimum absolute atomic E-state index is 0.00471. The van der Waals surface area contributed by atoms with Crippen molar-refractivity contribution in [3.05, 3.63) is 94.5 Å². The molecule has 0 unspecified atom stereocenters. The number of rotatable bonds is 5. The van der Waals surface area contributed by atoms with E-state index >= 15 is 0 Å². The number of nitrogens with zero attached hydrogens (tertiary/aromatic N) is 1. The Kier molecular flexibility index (Phi) is 4.52. The maximum Gasteiger partial charge on any atom is 0.167 e. The first-order valence-electron chi connectivity index (χ1n) is 9.71. The third kappa shape index (κ3) is 3.33. The van der Waals surface area contributed by atoms with Gasteiger partial charge in [0, 0.05) is 33.3 Å². The van der Waals surface area contributed by atoms with Gasteiger partial charge in [0.15, 0.2) is 5.78 Å². The highest BCUT2D eigenvalue weighted by Crippen LogP contribution is 2.38. The van der Waals surface area contributed by atoms with Crippen molar-refractivity contribution >= 4 is 39.3 Å². The summed E-state index contributed by atoms with van der Waals surface area (Å²) in [7, 11) is 0. The lowest BCUT2D eigenvalue weighted by molar-refractivity contribution is 0.0993. The smallest absolute Gasteiger partial charge is 0.167 e. The Balaban J connectivity index is 1.54. The van der Waals surface area contributed by atoms with Gasteiger partial charge in [-0.2, -0.15) is 0 Å². The minimum Gasteiger partial charge on any atom is -0.384 e. The molecule has 1 aliphatic heterocycles. The van der Waals surface area contributed by atoms with E-state index in [1.165, 1.54) is 15.6 Å². The van der Waals surface area contributed by atoms with Crippen molar-refractivity contribution in [2.45, 2.75) is 13.0 Å². The molecule has 0 fully saturated rings. The van der Waals surface area contributed by atoms with E-state index in [4.69, 9.17) is 11.1 Å². The second-order valence-corrected chi connectivity index (χ2v) is 8.51. The number of Topliss-reactive ketones (excluding diaryl/α,β-unsaturated/α-hetero) is 1. The number of nitrogen functional groups attached to an aromatic ring is 1. The topological polar surface area (TPSA) is 79.3 Å². The van der Waals surface area contributed by atoms with Crippen LogP contribution in [0.3, 0.4) is 0 Å². The molecule has 0 radical (unpaired) electrons. The highest BCUT2D eigenvalue weighted by Gasteiger charge is 2.19. The Labute approximate surface area is 178 Å². The summed E-state index contributed by atoms with van der Waals surface area (Å²) in [5, 5.41) is 8.82. The number of carbonyl (C=O) groups excluding carboxylic acids is 1. The zero-order valence-corrected chi connectivity index (χ0v) is 17.0. The van der Waals surface area contributed by atoms with Gasteiger partial charge in [-0.3, -0.25) is 15.2 Å². The van der Waals surface area contributed by atoms with Crippen molar-refractivity contribution in [2.75, 3.05) is 0 Å². The van der Waals surface area contributed by atoms with E-state index in [1.54, 1.807) is 17.4 Å². The molecule has 0 aliphatic carbocycles. The number of ketones is 1. The maximum absolute atomic E-state index is 13.1. The Bertz CT molecular complexity index is 1320. The molecule has 4 nitrogen and oxygen atoms in total. The van der Waals surface area contributed by atoms with Crippen molar-refractivity contribution in [3.63, 3.8) is 0 Å². The molecule has 30 heavy (non-hydrogen) atoms. The summed E-state index contributed by atoms with van der Waals surface area (Å²) in [6.45, 7) is 0.647. The quantitative estimate of drug-likeness (QED) is 0.270. The average molecular weight is 410 g/mol. The van der Waals surface area contributed by atoms with Gasteiger partial charge in [-0.15, -0.1) is 11.3 Å². The summed E-state index contributed by atoms with van der Waals surface area (Å²) in [5.41, 5.74) is 11.0. The summed E-state index contributed by atoms with van der Waals surface area (Å²) in [5.74, 6) is 0.0475. The van der Waals surface area contributed by atoms with Crippen LogP contribution in [-0.2, 0) is 13.0 Å². The number of nitrogens with one attached hydrogen (secondary N) is 1. The third-order valence-electron chi connectivity index (χ3n) is 5.38. The minimum atomic E-state index is 0.00471. The molecule has 4 aromatic rings. The number of fused-ring (bicyclic) bond motifs is 2. The normalized spacial score (nSPS) is 12.3. The molecule has 2 heterocycles. The lowest BCUT2D eigenvalue weighted by atomic mass is 9.94. The molecule has 3 aromatic carbocycles. The Morgan fingerprint density at radius 1 is 1.03 bits per heavy atom. The second kappa shape index (κ2) is 7.35. The van der Waals surface area contributed by atoms with Crippen LogP contribution in [0.4, 0.5) is 0 Å². The van der Waals surface area contributed by atoms with E-state index in [-0.39, 0.29) is 18.0 Å². The molecule has 0 amide bonds. The summed E-state index contributed by atoms with van der Waals surface area (Å²) in [6, 6.07) is 21.8. The number of hydrogen-bond acceptors (Lipinski definition) is 4. The van der Waals surface area contributed by atoms with Crippen LogP contribution < -0.4 is 5.73 Å². The predicted octanol–water partition coefficient (Wildman–Crippen LogP) is 5.21. The molecule has 146 valence electrons. The van der Waals surface area contributed by atoms with Crippen LogP contribution in [0.25, 0.3) is 20.5 Å². The van der Waals surface area contributed by atoms with E-state index in [9.17, 15) is 4.79 Å². The molecule has 0 bridgehead atoms.